The van der Waals surface area contributed by atoms with E-state index in [-0.39, 0.29) is 13.2 Å². The molecule has 0 saturated heterocycles. The van der Waals surface area contributed by atoms with Crippen molar-refractivity contribution in [3.8, 4) is 0 Å². The Kier molecular flexibility index (Phi) is 17.0. The Morgan fingerprint density at radius 3 is 1.62 bits per heavy atom. The summed E-state index contributed by atoms with van der Waals surface area (Å²) in [4.78, 5) is 10.7. The summed E-state index contributed by atoms with van der Waals surface area (Å²) in [5.74, 6) is 0. The molecule has 0 rings (SSSR count). The number of rotatable bonds is 8. The predicted molar refractivity (Wildman–Crippen MR) is 74.2 cm³/mol. The molecule has 2 atom stereocenters. The van der Waals surface area contributed by atoms with Gasteiger partial charge in [-0.1, -0.05) is 12.2 Å². The minimum Gasteiger partial charge on any atom is -0.473 e. The van der Waals surface area contributed by atoms with Crippen LogP contribution < -0.4 is 0 Å². The Morgan fingerprint density at radius 2 is 1.33 bits per heavy atom. The number of aliphatic hydroxyl groups is 4. The number of hydrogen-bond donors (Lipinski definition) is 4. The minimum absolute atomic E-state index is 0.384. The first kappa shape index (κ1) is 21.7. The van der Waals surface area contributed by atoms with Gasteiger partial charge in [-0.2, -0.15) is 0 Å². The van der Waals surface area contributed by atoms with Crippen molar-refractivity contribution in [3.05, 3.63) is 24.7 Å². The molecule has 0 aromatic carbocycles. The molecule has 8 heteroatoms. The zero-order valence-corrected chi connectivity index (χ0v) is 12.2. The molecule has 2 unspecified atom stereocenters. The average Bonchev–Trinajstić information content (AvgIpc) is 2.51. The Balaban J connectivity index is 0. The molecule has 0 aromatic rings. The van der Waals surface area contributed by atoms with Crippen LogP contribution in [0.3, 0.4) is 0 Å². The van der Waals surface area contributed by atoms with Crippen molar-refractivity contribution in [2.45, 2.75) is 26.1 Å². The van der Waals surface area contributed by atoms with Crippen LogP contribution in [0.25, 0.3) is 0 Å². The van der Waals surface area contributed by atoms with Crippen LogP contribution in [0.5, 0.6) is 0 Å². The van der Waals surface area contributed by atoms with Crippen LogP contribution in [-0.4, -0.2) is 65.2 Å². The zero-order chi connectivity index (χ0) is 16.5. The summed E-state index contributed by atoms with van der Waals surface area (Å²) in [6.07, 6.45) is 3.54. The van der Waals surface area contributed by atoms with Crippen LogP contribution in [0, 0.1) is 0 Å². The lowest BCUT2D eigenvalue weighted by Crippen LogP contribution is -2.25. The van der Waals surface area contributed by atoms with Crippen LogP contribution in [-0.2, 0) is 14.2 Å². The standard InChI is InChI=1S/C7H14O7.C6H10O/c8-1-5(10)3-13-7(12)14-4-6(11)2-9;1-3-5-7-6-4-2/h5-6,8-11H,1-4H2;3-6H,1-2H3. The lowest BCUT2D eigenvalue weighted by molar-refractivity contribution is -0.0215. The molecule has 0 radical (unpaired) electrons. The highest BCUT2D eigenvalue weighted by Gasteiger charge is 2.10. The van der Waals surface area contributed by atoms with E-state index in [4.69, 9.17) is 25.2 Å². The smallest absolute Gasteiger partial charge is 0.473 e. The van der Waals surface area contributed by atoms with Crippen LogP contribution in [0.4, 0.5) is 4.79 Å². The monoisotopic (exact) mass is 308 g/mol. The zero-order valence-electron chi connectivity index (χ0n) is 12.2. The van der Waals surface area contributed by atoms with Gasteiger partial charge in [-0.15, -0.1) is 0 Å². The second kappa shape index (κ2) is 16.4. The van der Waals surface area contributed by atoms with Gasteiger partial charge in [0.2, 0.25) is 0 Å². The average molecular weight is 308 g/mol. The molecule has 0 saturated carbocycles. The van der Waals surface area contributed by atoms with E-state index in [1.165, 1.54) is 0 Å². The van der Waals surface area contributed by atoms with E-state index in [2.05, 4.69) is 9.47 Å². The van der Waals surface area contributed by atoms with Gasteiger partial charge in [0.1, 0.15) is 25.4 Å². The molecule has 0 aliphatic heterocycles. The maximum Gasteiger partial charge on any atom is 0.508 e. The van der Waals surface area contributed by atoms with Crippen molar-refractivity contribution in [3.63, 3.8) is 0 Å². The van der Waals surface area contributed by atoms with Crippen molar-refractivity contribution >= 4 is 6.16 Å². The summed E-state index contributed by atoms with van der Waals surface area (Å²) in [7, 11) is 0. The van der Waals surface area contributed by atoms with Gasteiger partial charge >= 0.3 is 6.16 Å². The fourth-order valence-electron chi connectivity index (χ4n) is 0.678. The maximum absolute atomic E-state index is 10.7. The third-order valence-corrected chi connectivity index (χ3v) is 1.64. The molecule has 8 nitrogen and oxygen atoms in total. The lowest BCUT2D eigenvalue weighted by Gasteiger charge is -2.10. The van der Waals surface area contributed by atoms with E-state index in [9.17, 15) is 4.79 Å². The largest absolute Gasteiger partial charge is 0.508 e. The maximum atomic E-state index is 10.7. The number of hydrogen-bond acceptors (Lipinski definition) is 8. The first-order chi connectivity index (χ1) is 10.0. The van der Waals surface area contributed by atoms with Gasteiger partial charge in [0.25, 0.3) is 0 Å². The molecule has 0 spiro atoms. The highest BCUT2D eigenvalue weighted by Crippen LogP contribution is 1.91. The van der Waals surface area contributed by atoms with E-state index in [0.717, 1.165) is 0 Å². The second-order valence-electron chi connectivity index (χ2n) is 3.62. The summed E-state index contributed by atoms with van der Waals surface area (Å²) in [5.41, 5.74) is 0. The Morgan fingerprint density at radius 1 is 0.952 bits per heavy atom. The van der Waals surface area contributed by atoms with E-state index in [1.54, 1.807) is 12.5 Å². The summed E-state index contributed by atoms with van der Waals surface area (Å²) in [5, 5.41) is 34.2. The normalized spacial score (nSPS) is 13.4. The summed E-state index contributed by atoms with van der Waals surface area (Å²) < 4.78 is 13.4. The van der Waals surface area contributed by atoms with Crippen molar-refractivity contribution in [2.75, 3.05) is 26.4 Å². The van der Waals surface area contributed by atoms with E-state index in [1.807, 2.05) is 26.0 Å². The Labute approximate surface area is 123 Å². The third kappa shape index (κ3) is 18.4. The SMILES string of the molecule is CC=COC=CC.O=C(OCC(O)CO)OCC(O)CO. The molecular formula is C13H24O8. The molecule has 0 bridgehead atoms. The van der Waals surface area contributed by atoms with Gasteiger partial charge in [-0.05, 0) is 13.8 Å². The van der Waals surface area contributed by atoms with E-state index < -0.39 is 31.6 Å². The Hall–Kier alpha value is -1.61. The first-order valence-corrected chi connectivity index (χ1v) is 6.26. The first-order valence-electron chi connectivity index (χ1n) is 6.26. The number of aliphatic hydroxyl groups excluding tert-OH is 4. The summed E-state index contributed by atoms with van der Waals surface area (Å²) >= 11 is 0. The molecule has 0 aromatic heterocycles. The molecule has 21 heavy (non-hydrogen) atoms. The molecule has 0 aliphatic carbocycles. The van der Waals surface area contributed by atoms with Gasteiger partial charge in [0, 0.05) is 0 Å². The Bertz CT molecular complexity index is 264. The number of carbonyl (C=O) groups is 1. The minimum atomic E-state index is -1.15. The topological polar surface area (TPSA) is 126 Å². The van der Waals surface area contributed by atoms with Crippen LogP contribution >= 0.6 is 0 Å². The molecule has 0 aliphatic rings. The molecule has 0 fully saturated rings. The fraction of sp³-hybridized carbons (Fsp3) is 0.615. The summed E-state index contributed by atoms with van der Waals surface area (Å²) in [6.45, 7) is 2.00. The van der Waals surface area contributed by atoms with Gasteiger partial charge in [-0.25, -0.2) is 4.79 Å². The van der Waals surface area contributed by atoms with Crippen molar-refractivity contribution < 1.29 is 39.4 Å². The number of allylic oxidation sites excluding steroid dienone is 2. The molecule has 4 N–H and O–H groups in total. The van der Waals surface area contributed by atoms with Crippen molar-refractivity contribution in [2.24, 2.45) is 0 Å². The number of carbonyl (C=O) groups excluding carboxylic acids is 1. The van der Waals surface area contributed by atoms with Gasteiger partial charge < -0.3 is 34.6 Å². The predicted octanol–water partition coefficient (Wildman–Crippen LogP) is -0.0838. The number of ether oxygens (including phenoxy) is 3. The molecular weight excluding hydrogens is 284 g/mol. The van der Waals surface area contributed by atoms with Crippen molar-refractivity contribution in [1.29, 1.82) is 0 Å². The van der Waals surface area contributed by atoms with Gasteiger partial charge in [0.05, 0.1) is 25.7 Å². The van der Waals surface area contributed by atoms with E-state index >= 15 is 0 Å². The van der Waals surface area contributed by atoms with Crippen LogP contribution in [0.15, 0.2) is 24.7 Å². The van der Waals surface area contributed by atoms with Gasteiger partial charge in [-0.3, -0.25) is 0 Å². The molecule has 0 amide bonds. The molecule has 0 heterocycles. The second-order valence-corrected chi connectivity index (χ2v) is 3.62. The quantitative estimate of drug-likeness (QED) is 0.362. The summed E-state index contributed by atoms with van der Waals surface area (Å²) in [6, 6.07) is 0. The van der Waals surface area contributed by atoms with Crippen LogP contribution in [0.1, 0.15) is 13.8 Å². The highest BCUT2D eigenvalue weighted by molar-refractivity contribution is 5.59. The molecule has 124 valence electrons. The highest BCUT2D eigenvalue weighted by atomic mass is 16.7. The fourth-order valence-corrected chi connectivity index (χ4v) is 0.678. The van der Waals surface area contributed by atoms with Gasteiger partial charge in [0.15, 0.2) is 0 Å². The third-order valence-electron chi connectivity index (χ3n) is 1.64. The van der Waals surface area contributed by atoms with Crippen LogP contribution in [0.2, 0.25) is 0 Å². The van der Waals surface area contributed by atoms with E-state index in [0.29, 0.717) is 0 Å². The lowest BCUT2D eigenvalue weighted by atomic mass is 10.4. The van der Waals surface area contributed by atoms with Crippen molar-refractivity contribution in [1.82, 2.24) is 0 Å².